The first-order valence-corrected chi connectivity index (χ1v) is 9.26. The van der Waals surface area contributed by atoms with Crippen molar-refractivity contribution in [2.45, 2.75) is 80.6 Å². The zero-order valence-corrected chi connectivity index (χ0v) is 16.8. The van der Waals surface area contributed by atoms with Crippen molar-refractivity contribution in [1.29, 1.82) is 0 Å². The van der Waals surface area contributed by atoms with E-state index in [0.29, 0.717) is 0 Å². The lowest BCUT2D eigenvalue weighted by Crippen LogP contribution is -1.85. The maximum Gasteiger partial charge on any atom is -0.0230 e. The van der Waals surface area contributed by atoms with Crippen molar-refractivity contribution in [1.82, 2.24) is 0 Å². The third-order valence-corrected chi connectivity index (χ3v) is 3.44. The van der Waals surface area contributed by atoms with Gasteiger partial charge in [0.2, 0.25) is 0 Å². The minimum Gasteiger partial charge on any atom is -0.100 e. The number of rotatable bonds is 7. The number of hydrogen-bond donors (Lipinski definition) is 0. The Kier molecular flexibility index (Phi) is 16.2. The molecule has 0 atom stereocenters. The summed E-state index contributed by atoms with van der Waals surface area (Å²) < 4.78 is 0. The third-order valence-electron chi connectivity index (χ3n) is 3.44. The van der Waals surface area contributed by atoms with E-state index in [2.05, 4.69) is 72.0 Å². The Bertz CT molecular complexity index is 406. The van der Waals surface area contributed by atoms with Crippen LogP contribution in [0, 0.1) is 12.8 Å². The van der Waals surface area contributed by atoms with E-state index in [0.717, 1.165) is 12.3 Å². The molecule has 0 N–H and O–H groups in total. The first-order valence-electron chi connectivity index (χ1n) is 9.26. The van der Waals surface area contributed by atoms with Gasteiger partial charge in [-0.1, -0.05) is 83.0 Å². The van der Waals surface area contributed by atoms with Gasteiger partial charge in [-0.3, -0.25) is 0 Å². The van der Waals surface area contributed by atoms with Gasteiger partial charge >= 0.3 is 0 Å². The molecule has 0 nitrogen and oxygen atoms in total. The molecule has 23 heavy (non-hydrogen) atoms. The second kappa shape index (κ2) is 15.6. The van der Waals surface area contributed by atoms with Gasteiger partial charge in [0.1, 0.15) is 0 Å². The van der Waals surface area contributed by atoms with Gasteiger partial charge in [-0.15, -0.1) is 6.58 Å². The highest BCUT2D eigenvalue weighted by Gasteiger charge is 1.97. The van der Waals surface area contributed by atoms with Crippen LogP contribution in [0.2, 0.25) is 0 Å². The normalized spacial score (nSPS) is 9.39. The fourth-order valence-corrected chi connectivity index (χ4v) is 1.86. The highest BCUT2D eigenvalue weighted by Crippen LogP contribution is 2.18. The van der Waals surface area contributed by atoms with E-state index >= 15 is 0 Å². The second-order valence-electron chi connectivity index (χ2n) is 6.46. The highest BCUT2D eigenvalue weighted by molar-refractivity contribution is 5.63. The van der Waals surface area contributed by atoms with Crippen LogP contribution in [-0.2, 0) is 0 Å². The van der Waals surface area contributed by atoms with E-state index < -0.39 is 0 Å². The minimum atomic E-state index is 0.826. The van der Waals surface area contributed by atoms with E-state index in [1.807, 2.05) is 13.8 Å². The van der Waals surface area contributed by atoms with Crippen molar-refractivity contribution in [3.05, 3.63) is 54.1 Å². The van der Waals surface area contributed by atoms with Gasteiger partial charge in [0.15, 0.2) is 0 Å². The van der Waals surface area contributed by atoms with Crippen molar-refractivity contribution in [3.63, 3.8) is 0 Å². The molecule has 0 aliphatic heterocycles. The average Bonchev–Trinajstić information content (AvgIpc) is 2.54. The summed E-state index contributed by atoms with van der Waals surface area (Å²) in [6, 6.07) is 8.61. The molecule has 0 unspecified atom stereocenters. The van der Waals surface area contributed by atoms with Gasteiger partial charge in [-0.05, 0) is 56.6 Å². The highest BCUT2D eigenvalue weighted by atomic mass is 14.0. The molecule has 0 saturated carbocycles. The molecule has 1 rings (SSSR count). The summed E-state index contributed by atoms with van der Waals surface area (Å²) in [5, 5.41) is 0. The predicted molar refractivity (Wildman–Crippen MR) is 110 cm³/mol. The fraction of sp³-hybridized carbons (Fsp3) is 0.565. The molecule has 0 aromatic heterocycles. The van der Waals surface area contributed by atoms with Crippen molar-refractivity contribution < 1.29 is 0 Å². The quantitative estimate of drug-likeness (QED) is 0.444. The van der Waals surface area contributed by atoms with Crippen LogP contribution in [0.25, 0.3) is 5.57 Å². The van der Waals surface area contributed by atoms with E-state index in [9.17, 15) is 0 Å². The molecular weight excluding hydrogens is 276 g/mol. The van der Waals surface area contributed by atoms with Crippen molar-refractivity contribution >= 4 is 5.57 Å². The maximum atomic E-state index is 4.09. The van der Waals surface area contributed by atoms with Crippen LogP contribution in [0.4, 0.5) is 0 Å². The van der Waals surface area contributed by atoms with Crippen LogP contribution in [0.1, 0.15) is 84.8 Å². The molecule has 0 saturated heterocycles. The topological polar surface area (TPSA) is 0 Å². The van der Waals surface area contributed by atoms with Crippen LogP contribution >= 0.6 is 0 Å². The first-order chi connectivity index (χ1) is 10.9. The average molecular weight is 317 g/mol. The van der Waals surface area contributed by atoms with Crippen molar-refractivity contribution in [3.8, 4) is 0 Å². The Morgan fingerprint density at radius 1 is 1.00 bits per heavy atom. The summed E-state index contributed by atoms with van der Waals surface area (Å²) in [5.74, 6) is 0.826. The summed E-state index contributed by atoms with van der Waals surface area (Å²) in [6.45, 7) is 22.8. The zero-order chi connectivity index (χ0) is 18.3. The van der Waals surface area contributed by atoms with Gasteiger partial charge in [0.05, 0.1) is 0 Å². The van der Waals surface area contributed by atoms with E-state index in [-0.39, 0.29) is 0 Å². The molecule has 0 fully saturated rings. The van der Waals surface area contributed by atoms with E-state index in [4.69, 9.17) is 0 Å². The molecule has 0 heteroatoms. The number of benzene rings is 1. The smallest absolute Gasteiger partial charge is 0.0230 e. The lowest BCUT2D eigenvalue weighted by Gasteiger charge is -2.04. The minimum absolute atomic E-state index is 0.826. The Balaban J connectivity index is 0. The molecule has 132 valence electrons. The lowest BCUT2D eigenvalue weighted by atomic mass is 10.0. The molecule has 0 radical (unpaired) electrons. The van der Waals surface area contributed by atoms with E-state index in [1.54, 1.807) is 0 Å². The van der Waals surface area contributed by atoms with Gasteiger partial charge in [-0.25, -0.2) is 0 Å². The lowest BCUT2D eigenvalue weighted by molar-refractivity contribution is 0.585. The van der Waals surface area contributed by atoms with Crippen LogP contribution in [0.15, 0.2) is 43.0 Å². The Labute approximate surface area is 146 Å². The third kappa shape index (κ3) is 15.4. The molecule has 0 amide bonds. The molecule has 0 aliphatic carbocycles. The number of hydrogen-bond acceptors (Lipinski definition) is 0. The summed E-state index contributed by atoms with van der Waals surface area (Å²) in [5.41, 5.74) is 5.17. The number of aryl methyl sites for hydroxylation is 1. The summed E-state index contributed by atoms with van der Waals surface area (Å²) in [7, 11) is 0. The fourth-order valence-electron chi connectivity index (χ4n) is 1.86. The summed E-state index contributed by atoms with van der Waals surface area (Å²) in [4.78, 5) is 0. The first kappa shape index (κ1) is 24.0. The Morgan fingerprint density at radius 3 is 1.87 bits per heavy atom. The van der Waals surface area contributed by atoms with Crippen LogP contribution in [0.5, 0.6) is 0 Å². The predicted octanol–water partition coefficient (Wildman–Crippen LogP) is 8.22. The number of unbranched alkanes of at least 4 members (excludes halogenated alkanes) is 1. The molecule has 0 spiro atoms. The summed E-state index contributed by atoms with van der Waals surface area (Å²) in [6.07, 6.45) is 6.09. The molecule has 1 aromatic rings. The van der Waals surface area contributed by atoms with Crippen molar-refractivity contribution in [2.24, 2.45) is 5.92 Å². The van der Waals surface area contributed by atoms with Gasteiger partial charge in [0.25, 0.3) is 0 Å². The Hall–Kier alpha value is -1.30. The van der Waals surface area contributed by atoms with Crippen LogP contribution in [0.3, 0.4) is 0 Å². The number of allylic oxidation sites excluding steroid dienone is 2. The van der Waals surface area contributed by atoms with E-state index in [1.165, 1.54) is 48.0 Å². The SMILES string of the molecule is C=C(C)CCC(C)C.C=C(CCCC)c1ccc(C)cc1.CC. The van der Waals surface area contributed by atoms with Gasteiger partial charge < -0.3 is 0 Å². The van der Waals surface area contributed by atoms with Crippen LogP contribution in [-0.4, -0.2) is 0 Å². The van der Waals surface area contributed by atoms with Gasteiger partial charge in [-0.2, -0.15) is 0 Å². The Morgan fingerprint density at radius 2 is 1.52 bits per heavy atom. The van der Waals surface area contributed by atoms with Crippen molar-refractivity contribution in [2.75, 3.05) is 0 Å². The molecular formula is C23H40. The zero-order valence-electron chi connectivity index (χ0n) is 16.8. The standard InChI is InChI=1S/C13H18.C8H16.C2H6/c1-4-5-6-12(3)13-9-7-11(2)8-10-13;1-7(2)5-6-8(3)4;1-2/h7-10H,3-6H2,1-2H3;8H,1,5-6H2,2-4H3;1-2H3. The monoisotopic (exact) mass is 316 g/mol. The maximum absolute atomic E-state index is 4.09. The molecule has 0 heterocycles. The van der Waals surface area contributed by atoms with Gasteiger partial charge in [0, 0.05) is 0 Å². The molecule has 0 aliphatic rings. The molecule has 1 aromatic carbocycles. The molecule has 0 bridgehead atoms. The largest absolute Gasteiger partial charge is 0.100 e. The summed E-state index contributed by atoms with van der Waals surface area (Å²) >= 11 is 0. The second-order valence-corrected chi connectivity index (χ2v) is 6.46. The van der Waals surface area contributed by atoms with Crippen LogP contribution < -0.4 is 0 Å².